The van der Waals surface area contributed by atoms with Crippen molar-refractivity contribution < 1.29 is 14.3 Å². The first-order valence-corrected chi connectivity index (χ1v) is 9.43. The third kappa shape index (κ3) is 3.72. The van der Waals surface area contributed by atoms with Crippen LogP contribution in [0.2, 0.25) is 0 Å². The minimum Gasteiger partial charge on any atom is -0.496 e. The average Bonchev–Trinajstić information content (AvgIpc) is 2.86. The van der Waals surface area contributed by atoms with Gasteiger partial charge in [-0.15, -0.1) is 0 Å². The van der Waals surface area contributed by atoms with E-state index in [2.05, 4.69) is 17.0 Å². The van der Waals surface area contributed by atoms with Crippen molar-refractivity contribution in [3.63, 3.8) is 0 Å². The van der Waals surface area contributed by atoms with Gasteiger partial charge in [0, 0.05) is 24.2 Å². The van der Waals surface area contributed by atoms with Crippen molar-refractivity contribution in [1.29, 1.82) is 0 Å². The number of nitrogens with zero attached hydrogens (tertiary/aromatic N) is 1. The fourth-order valence-electron chi connectivity index (χ4n) is 3.54. The highest BCUT2D eigenvalue weighted by molar-refractivity contribution is 6.05. The Labute approximate surface area is 165 Å². The SMILES string of the molecule is COc1[c]c(OCCCN2c3ccccc3CC(=O)c3ccccc32)ccc1. The van der Waals surface area contributed by atoms with Crippen molar-refractivity contribution in [2.75, 3.05) is 25.2 Å². The molecule has 0 aromatic heterocycles. The Kier molecular flexibility index (Phi) is 5.29. The summed E-state index contributed by atoms with van der Waals surface area (Å²) in [6.07, 6.45) is 1.24. The van der Waals surface area contributed by atoms with Gasteiger partial charge in [-0.2, -0.15) is 0 Å². The van der Waals surface area contributed by atoms with Gasteiger partial charge in [-0.1, -0.05) is 36.4 Å². The molecular formula is C24H22NO3. The Hall–Kier alpha value is -3.27. The molecule has 0 atom stereocenters. The summed E-state index contributed by atoms with van der Waals surface area (Å²) in [6.45, 7) is 1.31. The second-order valence-electron chi connectivity index (χ2n) is 6.68. The molecule has 1 aliphatic rings. The highest BCUT2D eigenvalue weighted by Crippen LogP contribution is 2.35. The fourth-order valence-corrected chi connectivity index (χ4v) is 3.54. The third-order valence-corrected chi connectivity index (χ3v) is 4.87. The molecule has 0 bridgehead atoms. The molecule has 0 aliphatic carbocycles. The molecule has 141 valence electrons. The van der Waals surface area contributed by atoms with Gasteiger partial charge in [0.15, 0.2) is 5.78 Å². The first-order valence-electron chi connectivity index (χ1n) is 9.43. The van der Waals surface area contributed by atoms with E-state index in [1.807, 2.05) is 60.7 Å². The number of ether oxygens (including phenoxy) is 2. The molecule has 4 rings (SSSR count). The van der Waals surface area contributed by atoms with E-state index < -0.39 is 0 Å². The van der Waals surface area contributed by atoms with Crippen LogP contribution < -0.4 is 14.4 Å². The molecule has 0 saturated heterocycles. The van der Waals surface area contributed by atoms with Gasteiger partial charge in [0.05, 0.1) is 25.5 Å². The number of methoxy groups -OCH3 is 1. The number of Topliss-reactive ketones (excluding diaryl/α,β-unsaturated/α-hetero) is 1. The molecule has 0 unspecified atom stereocenters. The van der Waals surface area contributed by atoms with Gasteiger partial charge in [-0.05, 0) is 42.3 Å². The van der Waals surface area contributed by atoms with Gasteiger partial charge < -0.3 is 14.4 Å². The van der Waals surface area contributed by atoms with Crippen LogP contribution in [0.3, 0.4) is 0 Å². The Morgan fingerprint density at radius 1 is 0.929 bits per heavy atom. The minimum atomic E-state index is 0.160. The van der Waals surface area contributed by atoms with Crippen LogP contribution in [0.25, 0.3) is 0 Å². The summed E-state index contributed by atoms with van der Waals surface area (Å²) in [4.78, 5) is 15.0. The van der Waals surface area contributed by atoms with E-state index in [4.69, 9.17) is 9.47 Å². The molecule has 0 saturated carbocycles. The van der Waals surface area contributed by atoms with Gasteiger partial charge in [0.25, 0.3) is 0 Å². The number of fused-ring (bicyclic) bond motifs is 2. The molecule has 4 nitrogen and oxygen atoms in total. The standard InChI is InChI=1S/C24H22NO3/c1-27-19-9-6-10-20(17-19)28-15-7-14-25-22-12-4-2-8-18(22)16-24(26)21-11-3-5-13-23(21)25/h2-6,8-13H,7,14-16H2,1H3. The number of carbonyl (C=O) groups excluding carboxylic acids is 1. The van der Waals surface area contributed by atoms with Gasteiger partial charge >= 0.3 is 0 Å². The van der Waals surface area contributed by atoms with Crippen LogP contribution in [0.4, 0.5) is 11.4 Å². The summed E-state index contributed by atoms with van der Waals surface area (Å²) in [6, 6.07) is 24.6. The normalized spacial score (nSPS) is 12.8. The van der Waals surface area contributed by atoms with Crippen molar-refractivity contribution in [1.82, 2.24) is 0 Å². The quantitative estimate of drug-likeness (QED) is 0.580. The zero-order chi connectivity index (χ0) is 19.3. The van der Waals surface area contributed by atoms with Crippen LogP contribution in [-0.2, 0) is 6.42 Å². The van der Waals surface area contributed by atoms with E-state index in [0.29, 0.717) is 24.5 Å². The molecule has 3 aromatic carbocycles. The second-order valence-corrected chi connectivity index (χ2v) is 6.68. The van der Waals surface area contributed by atoms with Gasteiger partial charge in [0.2, 0.25) is 0 Å². The van der Waals surface area contributed by atoms with E-state index in [1.165, 1.54) is 0 Å². The van der Waals surface area contributed by atoms with Gasteiger partial charge in [0.1, 0.15) is 11.5 Å². The van der Waals surface area contributed by atoms with Crippen LogP contribution in [0, 0.1) is 6.07 Å². The predicted octanol–water partition coefficient (Wildman–Crippen LogP) is 4.84. The Bertz CT molecular complexity index is 983. The smallest absolute Gasteiger partial charge is 0.169 e. The van der Waals surface area contributed by atoms with Crippen molar-refractivity contribution in [3.8, 4) is 11.5 Å². The monoisotopic (exact) mass is 372 g/mol. The molecule has 4 heteroatoms. The van der Waals surface area contributed by atoms with Crippen LogP contribution in [-0.4, -0.2) is 26.0 Å². The second kappa shape index (κ2) is 8.17. The third-order valence-electron chi connectivity index (χ3n) is 4.87. The summed E-state index contributed by atoms with van der Waals surface area (Å²) in [5, 5.41) is 0. The first kappa shape index (κ1) is 18.1. The van der Waals surface area contributed by atoms with E-state index in [-0.39, 0.29) is 5.78 Å². The molecule has 1 aliphatic heterocycles. The predicted molar refractivity (Wildman–Crippen MR) is 110 cm³/mol. The average molecular weight is 372 g/mol. The van der Waals surface area contributed by atoms with Gasteiger partial charge in [-0.25, -0.2) is 0 Å². The van der Waals surface area contributed by atoms with Gasteiger partial charge in [-0.3, -0.25) is 4.79 Å². The van der Waals surface area contributed by atoms with E-state index >= 15 is 0 Å². The summed E-state index contributed by atoms with van der Waals surface area (Å²) in [7, 11) is 1.62. The molecule has 0 N–H and O–H groups in total. The Balaban J connectivity index is 1.52. The molecule has 0 spiro atoms. The summed E-state index contributed by atoms with van der Waals surface area (Å²) >= 11 is 0. The number of hydrogen-bond acceptors (Lipinski definition) is 4. The lowest BCUT2D eigenvalue weighted by Crippen LogP contribution is -2.21. The van der Waals surface area contributed by atoms with E-state index in [1.54, 1.807) is 7.11 Å². The maximum absolute atomic E-state index is 12.7. The van der Waals surface area contributed by atoms with E-state index in [9.17, 15) is 4.79 Å². The summed E-state index contributed by atoms with van der Waals surface area (Å²) < 4.78 is 11.0. The van der Waals surface area contributed by atoms with Crippen molar-refractivity contribution in [2.45, 2.75) is 12.8 Å². The number of para-hydroxylation sites is 2. The molecule has 0 fully saturated rings. The zero-order valence-corrected chi connectivity index (χ0v) is 15.9. The minimum absolute atomic E-state index is 0.160. The molecule has 3 aromatic rings. The summed E-state index contributed by atoms with van der Waals surface area (Å²) in [5.74, 6) is 1.49. The number of anilines is 2. The zero-order valence-electron chi connectivity index (χ0n) is 15.9. The van der Waals surface area contributed by atoms with Crippen LogP contribution >= 0.6 is 0 Å². The fraction of sp³-hybridized carbons (Fsp3) is 0.208. The van der Waals surface area contributed by atoms with Crippen LogP contribution in [0.15, 0.2) is 66.7 Å². The van der Waals surface area contributed by atoms with E-state index in [0.717, 1.165) is 35.5 Å². The first-order chi connectivity index (χ1) is 13.8. The molecule has 1 heterocycles. The maximum Gasteiger partial charge on any atom is 0.169 e. The Morgan fingerprint density at radius 2 is 1.68 bits per heavy atom. The lowest BCUT2D eigenvalue weighted by atomic mass is 10.0. The Morgan fingerprint density at radius 3 is 2.54 bits per heavy atom. The van der Waals surface area contributed by atoms with Crippen molar-refractivity contribution in [3.05, 3.63) is 83.9 Å². The lowest BCUT2D eigenvalue weighted by Gasteiger charge is -2.26. The molecular weight excluding hydrogens is 350 g/mol. The molecule has 28 heavy (non-hydrogen) atoms. The maximum atomic E-state index is 12.7. The number of benzene rings is 3. The molecule has 1 radical (unpaired) electrons. The van der Waals surface area contributed by atoms with Crippen molar-refractivity contribution in [2.24, 2.45) is 0 Å². The number of rotatable bonds is 6. The topological polar surface area (TPSA) is 38.8 Å². The highest BCUT2D eigenvalue weighted by atomic mass is 16.5. The van der Waals surface area contributed by atoms with Crippen molar-refractivity contribution >= 4 is 17.2 Å². The highest BCUT2D eigenvalue weighted by Gasteiger charge is 2.24. The number of carbonyl (C=O) groups is 1. The van der Waals surface area contributed by atoms with Crippen LogP contribution in [0.5, 0.6) is 11.5 Å². The number of ketones is 1. The number of hydrogen-bond donors (Lipinski definition) is 0. The largest absolute Gasteiger partial charge is 0.496 e. The van der Waals surface area contributed by atoms with Crippen LogP contribution in [0.1, 0.15) is 22.3 Å². The summed E-state index contributed by atoms with van der Waals surface area (Å²) in [5.41, 5.74) is 3.89. The lowest BCUT2D eigenvalue weighted by molar-refractivity contribution is 0.0994. The molecule has 0 amide bonds.